The Hall–Kier alpha value is -4.49. The predicted molar refractivity (Wildman–Crippen MR) is 177 cm³/mol. The van der Waals surface area contributed by atoms with E-state index in [0.717, 1.165) is 98.6 Å². The van der Waals surface area contributed by atoms with Crippen molar-refractivity contribution in [3.05, 3.63) is 113 Å². The summed E-state index contributed by atoms with van der Waals surface area (Å²) >= 11 is 0. The zero-order valence-corrected chi connectivity index (χ0v) is 25.1. The van der Waals surface area contributed by atoms with Crippen LogP contribution in [-0.2, 0) is 6.42 Å². The Morgan fingerprint density at radius 2 is 1.50 bits per heavy atom. The van der Waals surface area contributed by atoms with E-state index in [1.165, 1.54) is 5.56 Å². The Labute approximate surface area is 258 Å². The molecule has 5 aromatic rings. The summed E-state index contributed by atoms with van der Waals surface area (Å²) in [4.78, 5) is 26.3. The summed E-state index contributed by atoms with van der Waals surface area (Å²) in [7, 11) is 0. The van der Waals surface area contributed by atoms with E-state index in [2.05, 4.69) is 40.5 Å². The van der Waals surface area contributed by atoms with Gasteiger partial charge >= 0.3 is 0 Å². The first kappa shape index (κ1) is 28.3. The summed E-state index contributed by atoms with van der Waals surface area (Å²) in [6, 6.07) is 30.8. The lowest BCUT2D eigenvalue weighted by Crippen LogP contribution is -2.43. The molecule has 2 aliphatic rings. The molecule has 7 heteroatoms. The molecule has 0 unspecified atom stereocenters. The number of fused-ring (bicyclic) bond motifs is 1. The number of nitrogens with one attached hydrogen (secondary N) is 1. The van der Waals surface area contributed by atoms with E-state index in [1.807, 2.05) is 71.4 Å². The summed E-state index contributed by atoms with van der Waals surface area (Å²) in [5, 5.41) is 4.64. The molecule has 1 aliphatic carbocycles. The van der Waals surface area contributed by atoms with Crippen LogP contribution in [0, 0.1) is 0 Å². The van der Waals surface area contributed by atoms with E-state index in [4.69, 9.17) is 14.7 Å². The van der Waals surface area contributed by atoms with Gasteiger partial charge in [-0.2, -0.15) is 4.98 Å². The van der Waals surface area contributed by atoms with Gasteiger partial charge in [-0.3, -0.25) is 9.36 Å². The zero-order chi connectivity index (χ0) is 29.7. The van der Waals surface area contributed by atoms with Crippen molar-refractivity contribution in [3.8, 4) is 22.6 Å². The number of nitrogens with zero attached hydrogens (tertiary/aromatic N) is 4. The zero-order valence-electron chi connectivity index (χ0n) is 25.1. The molecule has 1 saturated carbocycles. The molecular weight excluding hydrogens is 546 g/mol. The van der Waals surface area contributed by atoms with Gasteiger partial charge in [0.2, 0.25) is 5.95 Å². The molecule has 0 atom stereocenters. The van der Waals surface area contributed by atoms with Crippen molar-refractivity contribution in [2.45, 2.75) is 57.0 Å². The highest BCUT2D eigenvalue weighted by Gasteiger charge is 2.25. The van der Waals surface area contributed by atoms with Crippen LogP contribution in [0.4, 0.5) is 5.95 Å². The van der Waals surface area contributed by atoms with Crippen LogP contribution in [0.5, 0.6) is 11.5 Å². The van der Waals surface area contributed by atoms with Crippen molar-refractivity contribution in [2.75, 3.05) is 24.5 Å². The van der Waals surface area contributed by atoms with E-state index in [1.54, 1.807) is 0 Å². The lowest BCUT2D eigenvalue weighted by atomic mass is 10.0. The van der Waals surface area contributed by atoms with Crippen LogP contribution in [0.1, 0.15) is 50.1 Å². The smallest absolute Gasteiger partial charge is 0.260 e. The Morgan fingerprint density at radius 1 is 0.818 bits per heavy atom. The van der Waals surface area contributed by atoms with Crippen molar-refractivity contribution in [1.82, 2.24) is 19.9 Å². The third kappa shape index (κ3) is 6.24. The fourth-order valence-corrected chi connectivity index (χ4v) is 6.65. The highest BCUT2D eigenvalue weighted by atomic mass is 16.5. The second kappa shape index (κ2) is 13.0. The maximum Gasteiger partial charge on any atom is 0.260 e. The molecule has 0 amide bonds. The van der Waals surface area contributed by atoms with Crippen LogP contribution in [0.3, 0.4) is 0 Å². The van der Waals surface area contributed by atoms with Crippen LogP contribution in [0.2, 0.25) is 0 Å². The van der Waals surface area contributed by atoms with Crippen LogP contribution >= 0.6 is 0 Å². The maximum absolute atomic E-state index is 14.1. The van der Waals surface area contributed by atoms with Gasteiger partial charge < -0.3 is 15.0 Å². The van der Waals surface area contributed by atoms with Crippen LogP contribution in [0.15, 0.2) is 102 Å². The van der Waals surface area contributed by atoms with Gasteiger partial charge in [-0.25, -0.2) is 4.98 Å². The molecule has 44 heavy (non-hydrogen) atoms. The number of para-hydroxylation sites is 1. The molecule has 0 spiro atoms. The molecule has 3 aromatic carbocycles. The molecule has 7 nitrogen and oxygen atoms in total. The molecule has 0 bridgehead atoms. The summed E-state index contributed by atoms with van der Waals surface area (Å²) in [6.07, 6.45) is 9.32. The van der Waals surface area contributed by atoms with Gasteiger partial charge in [0, 0.05) is 42.3 Å². The number of pyridine rings is 1. The van der Waals surface area contributed by atoms with Gasteiger partial charge in [0.25, 0.3) is 5.56 Å². The molecular formula is C37H39N5O2. The minimum atomic E-state index is 0.0205. The molecule has 2 aromatic heterocycles. The van der Waals surface area contributed by atoms with E-state index in [-0.39, 0.29) is 11.6 Å². The van der Waals surface area contributed by atoms with Crippen molar-refractivity contribution in [3.63, 3.8) is 0 Å². The number of hydrogen-bond acceptors (Lipinski definition) is 6. The number of rotatable bonds is 9. The molecule has 0 radical (unpaired) electrons. The number of anilines is 1. The van der Waals surface area contributed by atoms with Gasteiger partial charge in [-0.05, 0) is 80.1 Å². The number of ether oxygens (including phenoxy) is 1. The standard InChI is InChI=1S/C37H39N5O2/c43-36-34(28-15-17-33(18-16-28)44-32-13-5-2-6-14-32)25-29-26-39-37(40-35(29)42(36)31-11-7-8-12-31)41-23-20-30(21-24-41)38-22-19-27-9-3-1-4-10-27/h1-6,9-10,13-18,25-26,30-31,38H,7-8,11-12,19-24H2. The molecule has 7 rings (SSSR count). The fourth-order valence-electron chi connectivity index (χ4n) is 6.65. The first-order valence-electron chi connectivity index (χ1n) is 16.0. The largest absolute Gasteiger partial charge is 0.457 e. The minimum absolute atomic E-state index is 0.0205. The van der Waals surface area contributed by atoms with Gasteiger partial charge in [0.1, 0.15) is 17.1 Å². The highest BCUT2D eigenvalue weighted by molar-refractivity contribution is 5.82. The van der Waals surface area contributed by atoms with Gasteiger partial charge in [0.15, 0.2) is 0 Å². The first-order chi connectivity index (χ1) is 21.7. The molecule has 1 saturated heterocycles. The second-order valence-corrected chi connectivity index (χ2v) is 12.0. The van der Waals surface area contributed by atoms with Gasteiger partial charge in [-0.15, -0.1) is 0 Å². The summed E-state index contributed by atoms with van der Waals surface area (Å²) < 4.78 is 7.95. The van der Waals surface area contributed by atoms with Crippen molar-refractivity contribution in [1.29, 1.82) is 0 Å². The Morgan fingerprint density at radius 3 is 2.23 bits per heavy atom. The SMILES string of the molecule is O=c1c(-c2ccc(Oc3ccccc3)cc2)cc2cnc(N3CCC(NCCc4ccccc4)CC3)nc2n1C1CCCC1. The number of benzene rings is 3. The summed E-state index contributed by atoms with van der Waals surface area (Å²) in [5.41, 5.74) is 3.69. The normalized spacial score (nSPS) is 16.0. The Balaban J connectivity index is 1.10. The predicted octanol–water partition coefficient (Wildman–Crippen LogP) is 7.17. The van der Waals surface area contributed by atoms with E-state index in [9.17, 15) is 4.79 Å². The topological polar surface area (TPSA) is 72.3 Å². The molecule has 1 aliphatic heterocycles. The van der Waals surface area contributed by atoms with Crippen molar-refractivity contribution < 1.29 is 4.74 Å². The van der Waals surface area contributed by atoms with Gasteiger partial charge in [-0.1, -0.05) is 73.5 Å². The quantitative estimate of drug-likeness (QED) is 0.198. The van der Waals surface area contributed by atoms with Gasteiger partial charge in [0.05, 0.1) is 0 Å². The molecule has 1 N–H and O–H groups in total. The van der Waals surface area contributed by atoms with E-state index < -0.39 is 0 Å². The number of aromatic nitrogens is 3. The second-order valence-electron chi connectivity index (χ2n) is 12.0. The minimum Gasteiger partial charge on any atom is -0.457 e. The molecule has 2 fully saturated rings. The maximum atomic E-state index is 14.1. The summed E-state index contributed by atoms with van der Waals surface area (Å²) in [6.45, 7) is 2.79. The highest BCUT2D eigenvalue weighted by Crippen LogP contribution is 2.33. The first-order valence-corrected chi connectivity index (χ1v) is 16.0. The molecule has 224 valence electrons. The van der Waals surface area contributed by atoms with Crippen LogP contribution < -0.4 is 20.5 Å². The molecule has 3 heterocycles. The fraction of sp³-hybridized carbons (Fsp3) is 0.324. The van der Waals surface area contributed by atoms with E-state index >= 15 is 0 Å². The Kier molecular flexibility index (Phi) is 8.37. The number of piperidine rings is 1. The van der Waals surface area contributed by atoms with Crippen LogP contribution in [0.25, 0.3) is 22.2 Å². The lowest BCUT2D eigenvalue weighted by Gasteiger charge is -2.32. The lowest BCUT2D eigenvalue weighted by molar-refractivity contribution is 0.415. The third-order valence-corrected chi connectivity index (χ3v) is 9.06. The third-order valence-electron chi connectivity index (χ3n) is 9.06. The van der Waals surface area contributed by atoms with Crippen molar-refractivity contribution >= 4 is 17.0 Å². The Bertz CT molecular complexity index is 1740. The monoisotopic (exact) mass is 585 g/mol. The van der Waals surface area contributed by atoms with Crippen molar-refractivity contribution in [2.24, 2.45) is 0 Å². The van der Waals surface area contributed by atoms with E-state index in [0.29, 0.717) is 11.6 Å². The average molecular weight is 586 g/mol. The average Bonchev–Trinajstić information content (AvgIpc) is 3.61. The van der Waals surface area contributed by atoms with Crippen LogP contribution in [-0.4, -0.2) is 40.2 Å². The summed E-state index contributed by atoms with van der Waals surface area (Å²) in [5.74, 6) is 2.24. The number of hydrogen-bond donors (Lipinski definition) is 1.